The molecule has 0 N–H and O–H groups in total. The van der Waals surface area contributed by atoms with Crippen molar-refractivity contribution in [1.29, 1.82) is 0 Å². The standard InChI is InChI=1S/C14H21NO3S/c1-12-5-6-14(11-13(12)2)18-9-3-7-15-8-4-10-19(15,16)17/h5-6,11H,3-4,7-10H2,1-2H3. The summed E-state index contributed by atoms with van der Waals surface area (Å²) in [7, 11) is -2.97. The van der Waals surface area contributed by atoms with Crippen LogP contribution in [0.4, 0.5) is 0 Å². The van der Waals surface area contributed by atoms with E-state index in [1.807, 2.05) is 18.2 Å². The first-order chi connectivity index (χ1) is 8.99. The molecular formula is C14H21NO3S. The molecule has 2 rings (SSSR count). The molecular weight excluding hydrogens is 262 g/mol. The largest absolute Gasteiger partial charge is 0.494 e. The van der Waals surface area contributed by atoms with Gasteiger partial charge < -0.3 is 4.74 Å². The number of rotatable bonds is 5. The van der Waals surface area contributed by atoms with Gasteiger partial charge in [-0.15, -0.1) is 0 Å². The maximum atomic E-state index is 11.6. The zero-order chi connectivity index (χ0) is 13.9. The summed E-state index contributed by atoms with van der Waals surface area (Å²) in [5, 5.41) is 0. The zero-order valence-electron chi connectivity index (χ0n) is 11.6. The SMILES string of the molecule is Cc1ccc(OCCCN2CCCS2(=O)=O)cc1C. The summed E-state index contributed by atoms with van der Waals surface area (Å²) in [5.41, 5.74) is 2.45. The summed E-state index contributed by atoms with van der Waals surface area (Å²) >= 11 is 0. The van der Waals surface area contributed by atoms with Crippen LogP contribution in [-0.4, -0.2) is 38.2 Å². The van der Waals surface area contributed by atoms with Gasteiger partial charge in [-0.1, -0.05) is 6.07 Å². The fraction of sp³-hybridized carbons (Fsp3) is 0.571. The van der Waals surface area contributed by atoms with E-state index < -0.39 is 10.0 Å². The summed E-state index contributed by atoms with van der Waals surface area (Å²) in [5.74, 6) is 1.15. The van der Waals surface area contributed by atoms with Gasteiger partial charge in [0, 0.05) is 13.1 Å². The Morgan fingerprint density at radius 1 is 1.26 bits per heavy atom. The molecule has 19 heavy (non-hydrogen) atoms. The Balaban J connectivity index is 1.76. The average Bonchev–Trinajstić information content (AvgIpc) is 2.68. The predicted octanol–water partition coefficient (Wildman–Crippen LogP) is 2.11. The van der Waals surface area contributed by atoms with E-state index in [1.54, 1.807) is 4.31 Å². The fourth-order valence-electron chi connectivity index (χ4n) is 2.18. The molecule has 1 saturated heterocycles. The summed E-state index contributed by atoms with van der Waals surface area (Å²) in [6.45, 7) is 5.89. The Morgan fingerprint density at radius 3 is 2.68 bits per heavy atom. The molecule has 4 nitrogen and oxygen atoms in total. The molecule has 0 radical (unpaired) electrons. The molecule has 1 aromatic rings. The average molecular weight is 283 g/mol. The van der Waals surface area contributed by atoms with Gasteiger partial charge in [0.05, 0.1) is 12.4 Å². The van der Waals surface area contributed by atoms with Gasteiger partial charge in [-0.25, -0.2) is 12.7 Å². The van der Waals surface area contributed by atoms with Crippen molar-refractivity contribution >= 4 is 10.0 Å². The van der Waals surface area contributed by atoms with Gasteiger partial charge in [0.25, 0.3) is 0 Å². The van der Waals surface area contributed by atoms with Crippen molar-refractivity contribution in [2.75, 3.05) is 25.4 Å². The lowest BCUT2D eigenvalue weighted by atomic mass is 10.1. The molecule has 0 unspecified atom stereocenters. The van der Waals surface area contributed by atoms with Crippen molar-refractivity contribution in [3.05, 3.63) is 29.3 Å². The lowest BCUT2D eigenvalue weighted by Crippen LogP contribution is -2.27. The predicted molar refractivity (Wildman–Crippen MR) is 76.0 cm³/mol. The molecule has 1 aliphatic heterocycles. The third-order valence-electron chi connectivity index (χ3n) is 3.50. The lowest BCUT2D eigenvalue weighted by molar-refractivity contribution is 0.292. The molecule has 106 valence electrons. The van der Waals surface area contributed by atoms with Crippen molar-refractivity contribution in [1.82, 2.24) is 4.31 Å². The molecule has 0 spiro atoms. The minimum absolute atomic E-state index is 0.297. The Bertz CT molecular complexity index is 540. The van der Waals surface area contributed by atoms with E-state index in [9.17, 15) is 8.42 Å². The molecule has 0 aliphatic carbocycles. The van der Waals surface area contributed by atoms with E-state index >= 15 is 0 Å². The first-order valence-electron chi connectivity index (χ1n) is 6.67. The summed E-state index contributed by atoms with van der Waals surface area (Å²) < 4.78 is 30.4. The third kappa shape index (κ3) is 3.70. The molecule has 0 bridgehead atoms. The second kappa shape index (κ2) is 5.92. The number of ether oxygens (including phenoxy) is 1. The number of benzene rings is 1. The van der Waals surface area contributed by atoms with Crippen LogP contribution < -0.4 is 4.74 Å². The minimum Gasteiger partial charge on any atom is -0.494 e. The molecule has 0 amide bonds. The molecule has 0 atom stereocenters. The molecule has 1 heterocycles. The van der Waals surface area contributed by atoms with Gasteiger partial charge in [-0.05, 0) is 49.9 Å². The van der Waals surface area contributed by atoms with E-state index in [-0.39, 0.29) is 0 Å². The van der Waals surface area contributed by atoms with Crippen molar-refractivity contribution in [2.24, 2.45) is 0 Å². The van der Waals surface area contributed by atoms with Crippen molar-refractivity contribution < 1.29 is 13.2 Å². The topological polar surface area (TPSA) is 46.6 Å². The van der Waals surface area contributed by atoms with E-state index in [2.05, 4.69) is 13.8 Å². The molecule has 1 aliphatic rings. The first kappa shape index (κ1) is 14.3. The van der Waals surface area contributed by atoms with Crippen LogP contribution in [0.5, 0.6) is 5.75 Å². The van der Waals surface area contributed by atoms with Crippen LogP contribution in [0.15, 0.2) is 18.2 Å². The van der Waals surface area contributed by atoms with Crippen molar-refractivity contribution in [3.8, 4) is 5.75 Å². The molecule has 0 saturated carbocycles. The summed E-state index contributed by atoms with van der Waals surface area (Å²) in [6.07, 6.45) is 1.48. The maximum Gasteiger partial charge on any atom is 0.214 e. The van der Waals surface area contributed by atoms with Crippen LogP contribution in [0.3, 0.4) is 0 Å². The first-order valence-corrected chi connectivity index (χ1v) is 8.28. The Labute approximate surface area is 115 Å². The van der Waals surface area contributed by atoms with Gasteiger partial charge >= 0.3 is 0 Å². The van der Waals surface area contributed by atoms with Crippen molar-refractivity contribution in [3.63, 3.8) is 0 Å². The second-order valence-corrected chi connectivity index (χ2v) is 7.11. The number of hydrogen-bond donors (Lipinski definition) is 0. The number of hydrogen-bond acceptors (Lipinski definition) is 3. The Kier molecular flexibility index (Phi) is 4.47. The van der Waals surface area contributed by atoms with Crippen LogP contribution >= 0.6 is 0 Å². The number of sulfonamides is 1. The summed E-state index contributed by atoms with van der Waals surface area (Å²) in [6, 6.07) is 6.01. The lowest BCUT2D eigenvalue weighted by Gasteiger charge is -2.14. The highest BCUT2D eigenvalue weighted by Gasteiger charge is 2.27. The quantitative estimate of drug-likeness (QED) is 0.778. The molecule has 1 fully saturated rings. The smallest absolute Gasteiger partial charge is 0.214 e. The highest BCUT2D eigenvalue weighted by molar-refractivity contribution is 7.89. The van der Waals surface area contributed by atoms with Crippen LogP contribution in [0.2, 0.25) is 0 Å². The fourth-order valence-corrected chi connectivity index (χ4v) is 3.74. The molecule has 0 aromatic heterocycles. The zero-order valence-corrected chi connectivity index (χ0v) is 12.4. The van der Waals surface area contributed by atoms with Gasteiger partial charge in [-0.3, -0.25) is 0 Å². The van der Waals surface area contributed by atoms with Crippen LogP contribution in [0.25, 0.3) is 0 Å². The Hall–Kier alpha value is -1.07. The van der Waals surface area contributed by atoms with E-state index in [4.69, 9.17) is 4.74 Å². The number of aryl methyl sites for hydroxylation is 2. The van der Waals surface area contributed by atoms with Gasteiger partial charge in [0.2, 0.25) is 10.0 Å². The monoisotopic (exact) mass is 283 g/mol. The van der Waals surface area contributed by atoms with Crippen LogP contribution in [0, 0.1) is 13.8 Å². The second-order valence-electron chi connectivity index (χ2n) is 5.02. The van der Waals surface area contributed by atoms with Crippen molar-refractivity contribution in [2.45, 2.75) is 26.7 Å². The maximum absolute atomic E-state index is 11.6. The van der Waals surface area contributed by atoms with Gasteiger partial charge in [0.1, 0.15) is 5.75 Å². The summed E-state index contributed by atoms with van der Waals surface area (Å²) in [4.78, 5) is 0. The Morgan fingerprint density at radius 2 is 2.05 bits per heavy atom. The molecule has 5 heteroatoms. The highest BCUT2D eigenvalue weighted by atomic mass is 32.2. The van der Waals surface area contributed by atoms with E-state index in [0.717, 1.165) is 18.6 Å². The third-order valence-corrected chi connectivity index (χ3v) is 5.46. The van der Waals surface area contributed by atoms with Crippen LogP contribution in [-0.2, 0) is 10.0 Å². The number of nitrogens with zero attached hydrogens (tertiary/aromatic N) is 1. The highest BCUT2D eigenvalue weighted by Crippen LogP contribution is 2.17. The van der Waals surface area contributed by atoms with Crippen LogP contribution in [0.1, 0.15) is 24.0 Å². The van der Waals surface area contributed by atoms with Gasteiger partial charge in [-0.2, -0.15) is 0 Å². The van der Waals surface area contributed by atoms with Gasteiger partial charge in [0.15, 0.2) is 0 Å². The van der Waals surface area contributed by atoms with E-state index in [1.165, 1.54) is 11.1 Å². The minimum atomic E-state index is -2.97. The van der Waals surface area contributed by atoms with E-state index in [0.29, 0.717) is 25.4 Å². The normalized spacial score (nSPS) is 18.6. The molecule has 1 aromatic carbocycles.